The van der Waals surface area contributed by atoms with Crippen molar-refractivity contribution in [3.05, 3.63) is 59.3 Å². The van der Waals surface area contributed by atoms with E-state index in [1.165, 1.54) is 32.4 Å². The molecule has 1 aliphatic rings. The van der Waals surface area contributed by atoms with Crippen molar-refractivity contribution in [2.75, 3.05) is 32.7 Å². The molecule has 1 fully saturated rings. The van der Waals surface area contributed by atoms with Gasteiger partial charge in [0.25, 0.3) is 5.91 Å². The maximum Gasteiger partial charge on any atom is 0.253 e. The molecule has 3 heterocycles. The summed E-state index contributed by atoms with van der Waals surface area (Å²) in [7, 11) is 0. The summed E-state index contributed by atoms with van der Waals surface area (Å²) in [6, 6.07) is 11.3. The number of nitrogens with zero attached hydrogens (tertiary/aromatic N) is 4. The molecule has 2 N–H and O–H groups in total. The highest BCUT2D eigenvalue weighted by molar-refractivity contribution is 5.96. The average molecular weight is 546 g/mol. The molecule has 2 aromatic heterocycles. The van der Waals surface area contributed by atoms with Crippen molar-refractivity contribution in [2.45, 2.75) is 72.6 Å². The lowest BCUT2D eigenvalue weighted by molar-refractivity contribution is 0.0740. The van der Waals surface area contributed by atoms with Crippen LogP contribution < -0.4 is 5.73 Å². The van der Waals surface area contributed by atoms with Crippen molar-refractivity contribution < 1.29 is 9.59 Å². The molecule has 2 amide bonds. The molecule has 0 unspecified atom stereocenters. The van der Waals surface area contributed by atoms with Crippen LogP contribution in [0.3, 0.4) is 0 Å². The molecule has 1 aromatic carbocycles. The van der Waals surface area contributed by atoms with Gasteiger partial charge in [0.2, 0.25) is 5.91 Å². The summed E-state index contributed by atoms with van der Waals surface area (Å²) in [6.45, 7) is 13.8. The number of aromatic nitrogens is 2. The van der Waals surface area contributed by atoms with E-state index in [1.54, 1.807) is 12.1 Å². The molecule has 0 saturated carbocycles. The highest BCUT2D eigenvalue weighted by Crippen LogP contribution is 2.29. The number of carbonyl (C=O) groups is 2. The molecule has 7 nitrogen and oxygen atoms in total. The third-order valence-electron chi connectivity index (χ3n) is 8.02. The Hall–Kier alpha value is -3.19. The zero-order valence-corrected chi connectivity index (χ0v) is 24.9. The van der Waals surface area contributed by atoms with Gasteiger partial charge >= 0.3 is 0 Å². The van der Waals surface area contributed by atoms with E-state index in [2.05, 4.69) is 32.6 Å². The van der Waals surface area contributed by atoms with Gasteiger partial charge in [-0.05, 0) is 94.3 Å². The summed E-state index contributed by atoms with van der Waals surface area (Å²) in [5, 5.41) is 4.95. The first-order chi connectivity index (χ1) is 19.2. The number of pyridine rings is 1. The smallest absolute Gasteiger partial charge is 0.253 e. The van der Waals surface area contributed by atoms with Gasteiger partial charge < -0.3 is 15.5 Å². The lowest BCUT2D eigenvalue weighted by Gasteiger charge is -2.26. The first kappa shape index (κ1) is 29.8. The van der Waals surface area contributed by atoms with E-state index in [9.17, 15) is 9.59 Å². The van der Waals surface area contributed by atoms with Crippen LogP contribution in [0.25, 0.3) is 16.8 Å². The Morgan fingerprint density at radius 3 is 2.17 bits per heavy atom. The predicted octanol–water partition coefficient (Wildman–Crippen LogP) is 6.05. The molecule has 1 aliphatic heterocycles. The minimum absolute atomic E-state index is 0.0941. The van der Waals surface area contributed by atoms with Crippen molar-refractivity contribution in [1.82, 2.24) is 19.4 Å². The molecular weight excluding hydrogens is 498 g/mol. The topological polar surface area (TPSA) is 83.9 Å². The SMILES string of the molecule is CC(C)CCN(CCC(C)C)C(=O)c1ccn2nc(-c3ccc(C(N)=O)cc3)c(CCCN3CCCCC3)c2c1. The second-order valence-electron chi connectivity index (χ2n) is 12.2. The molecule has 7 heteroatoms. The summed E-state index contributed by atoms with van der Waals surface area (Å²) in [5.41, 5.74) is 10.6. The van der Waals surface area contributed by atoms with Gasteiger partial charge in [-0.2, -0.15) is 5.10 Å². The fourth-order valence-corrected chi connectivity index (χ4v) is 5.49. The largest absolute Gasteiger partial charge is 0.366 e. The van der Waals surface area contributed by atoms with Crippen LogP contribution in [0.2, 0.25) is 0 Å². The average Bonchev–Trinajstić information content (AvgIpc) is 3.31. The number of nitrogens with two attached hydrogens (primary N) is 1. The minimum Gasteiger partial charge on any atom is -0.366 e. The van der Waals surface area contributed by atoms with Gasteiger partial charge in [-0.15, -0.1) is 0 Å². The van der Waals surface area contributed by atoms with Gasteiger partial charge in [0.15, 0.2) is 0 Å². The zero-order chi connectivity index (χ0) is 28.6. The maximum absolute atomic E-state index is 13.8. The van der Waals surface area contributed by atoms with Gasteiger partial charge in [-0.1, -0.05) is 46.2 Å². The third-order valence-corrected chi connectivity index (χ3v) is 8.02. The molecular formula is C33H47N5O2. The molecule has 216 valence electrons. The van der Waals surface area contributed by atoms with E-state index < -0.39 is 5.91 Å². The Morgan fingerprint density at radius 2 is 1.57 bits per heavy atom. The van der Waals surface area contributed by atoms with Crippen LogP contribution in [0.5, 0.6) is 0 Å². The molecule has 0 bridgehead atoms. The second kappa shape index (κ2) is 13.9. The standard InChI is InChI=1S/C33H47N5O2/c1-24(2)14-20-37(21-15-25(3)4)33(40)28-16-22-38-30(23-28)29(9-8-19-36-17-6-5-7-18-36)31(35-38)26-10-12-27(13-11-26)32(34)39/h10-13,16,22-25H,5-9,14-15,17-21H2,1-4H3,(H2,34,39). The third kappa shape index (κ3) is 7.72. The molecule has 40 heavy (non-hydrogen) atoms. The minimum atomic E-state index is -0.439. The van der Waals surface area contributed by atoms with Crippen LogP contribution in [0.1, 0.15) is 92.5 Å². The van der Waals surface area contributed by atoms with Crippen LogP contribution in [0.15, 0.2) is 42.6 Å². The van der Waals surface area contributed by atoms with E-state index in [0.717, 1.165) is 67.7 Å². The van der Waals surface area contributed by atoms with E-state index in [4.69, 9.17) is 10.8 Å². The number of hydrogen-bond donors (Lipinski definition) is 1. The highest BCUT2D eigenvalue weighted by Gasteiger charge is 2.21. The van der Waals surface area contributed by atoms with Crippen molar-refractivity contribution >= 4 is 17.3 Å². The van der Waals surface area contributed by atoms with Gasteiger partial charge in [0.05, 0.1) is 11.2 Å². The number of fused-ring (bicyclic) bond motifs is 1. The van der Waals surface area contributed by atoms with Gasteiger partial charge in [-0.25, -0.2) is 4.52 Å². The number of hydrogen-bond acceptors (Lipinski definition) is 4. The molecule has 0 spiro atoms. The normalized spacial score (nSPS) is 14.3. The summed E-state index contributed by atoms with van der Waals surface area (Å²) in [4.78, 5) is 30.0. The fraction of sp³-hybridized carbons (Fsp3) is 0.545. The predicted molar refractivity (Wildman–Crippen MR) is 163 cm³/mol. The summed E-state index contributed by atoms with van der Waals surface area (Å²) >= 11 is 0. The number of carbonyl (C=O) groups excluding carboxylic acids is 2. The van der Waals surface area contributed by atoms with Gasteiger partial charge in [-0.3, -0.25) is 9.59 Å². The second-order valence-corrected chi connectivity index (χ2v) is 12.2. The lowest BCUT2D eigenvalue weighted by Crippen LogP contribution is -2.34. The Bertz CT molecular complexity index is 1260. The van der Waals surface area contributed by atoms with Crippen molar-refractivity contribution in [1.29, 1.82) is 0 Å². The molecule has 3 aromatic rings. The molecule has 0 aliphatic carbocycles. The van der Waals surface area contributed by atoms with Gasteiger partial charge in [0.1, 0.15) is 0 Å². The quantitative estimate of drug-likeness (QED) is 0.283. The van der Waals surface area contributed by atoms with E-state index in [1.807, 2.05) is 39.9 Å². The van der Waals surface area contributed by atoms with Crippen LogP contribution in [0, 0.1) is 11.8 Å². The molecule has 4 rings (SSSR count). The Labute approximate surface area is 239 Å². The summed E-state index contributed by atoms with van der Waals surface area (Å²) < 4.78 is 1.90. The first-order valence-electron chi connectivity index (χ1n) is 15.2. The van der Waals surface area contributed by atoms with Gasteiger partial charge in [0, 0.05) is 41.5 Å². The number of aryl methyl sites for hydroxylation is 1. The highest BCUT2D eigenvalue weighted by atomic mass is 16.2. The number of piperidine rings is 1. The Balaban J connectivity index is 1.66. The van der Waals surface area contributed by atoms with Crippen molar-refractivity contribution in [3.63, 3.8) is 0 Å². The van der Waals surface area contributed by atoms with Crippen LogP contribution in [0.4, 0.5) is 0 Å². The Kier molecular flexibility index (Phi) is 10.4. The van der Waals surface area contributed by atoms with E-state index in [0.29, 0.717) is 23.0 Å². The van der Waals surface area contributed by atoms with Crippen LogP contribution in [-0.2, 0) is 6.42 Å². The van der Waals surface area contributed by atoms with Crippen molar-refractivity contribution in [2.24, 2.45) is 17.6 Å². The number of primary amides is 1. The molecule has 1 saturated heterocycles. The fourth-order valence-electron chi connectivity index (χ4n) is 5.49. The van der Waals surface area contributed by atoms with Crippen LogP contribution >= 0.6 is 0 Å². The van der Waals surface area contributed by atoms with E-state index in [-0.39, 0.29) is 5.91 Å². The number of amides is 2. The first-order valence-corrected chi connectivity index (χ1v) is 15.2. The lowest BCUT2D eigenvalue weighted by atomic mass is 10.00. The van der Waals surface area contributed by atoms with E-state index >= 15 is 0 Å². The molecule has 0 atom stereocenters. The summed E-state index contributed by atoms with van der Waals surface area (Å²) in [6.07, 6.45) is 9.69. The Morgan fingerprint density at radius 1 is 0.925 bits per heavy atom. The maximum atomic E-state index is 13.8. The number of likely N-dealkylation sites (tertiary alicyclic amines) is 1. The molecule has 0 radical (unpaired) electrons. The monoisotopic (exact) mass is 545 g/mol. The van der Waals surface area contributed by atoms with Crippen LogP contribution in [-0.4, -0.2) is 64.0 Å². The number of benzene rings is 1. The van der Waals surface area contributed by atoms with Crippen molar-refractivity contribution in [3.8, 4) is 11.3 Å². The summed E-state index contributed by atoms with van der Waals surface area (Å²) in [5.74, 6) is 0.742. The number of rotatable bonds is 13. The zero-order valence-electron chi connectivity index (χ0n) is 24.9.